The van der Waals surface area contributed by atoms with Crippen LogP contribution in [0.5, 0.6) is 11.6 Å². The van der Waals surface area contributed by atoms with Gasteiger partial charge in [-0.15, -0.1) is 0 Å². The number of aromatic amines is 1. The Morgan fingerprint density at radius 2 is 1.96 bits per heavy atom. The Labute approximate surface area is 152 Å². The molecule has 0 aliphatic carbocycles. The molecular formula is C19H14FN3O2S. The predicted molar refractivity (Wildman–Crippen MR) is 100 cm³/mol. The zero-order valence-corrected chi connectivity index (χ0v) is 14.6. The number of nitrogens with one attached hydrogen (secondary N) is 1. The van der Waals surface area contributed by atoms with E-state index in [1.54, 1.807) is 49.9 Å². The number of fused-ring (bicyclic) bond motifs is 1. The second kappa shape index (κ2) is 6.68. The van der Waals surface area contributed by atoms with Crippen LogP contribution >= 0.6 is 12.1 Å². The van der Waals surface area contributed by atoms with Crippen LogP contribution in [-0.2, 0) is 7.05 Å². The average molecular weight is 367 g/mol. The first-order chi connectivity index (χ1) is 12.7. The number of halogens is 1. The normalized spacial score (nSPS) is 11.0. The Kier molecular flexibility index (Phi) is 4.22. The van der Waals surface area contributed by atoms with Crippen molar-refractivity contribution in [3.05, 3.63) is 71.4 Å². The van der Waals surface area contributed by atoms with Crippen molar-refractivity contribution < 1.29 is 8.62 Å². The van der Waals surface area contributed by atoms with Crippen LogP contribution in [-0.4, -0.2) is 14.5 Å². The standard InChI is InChI=1S/C19H14FN3O2S/c1-23-10-8-14-16(11-22-17(14)19(23)24)15-3-2-9-21-18(15)25-12-4-6-13(26-20)7-5-12/h2-11,22H,1H3. The highest BCUT2D eigenvalue weighted by atomic mass is 32.2. The molecule has 0 spiro atoms. The molecule has 130 valence electrons. The second-order valence-corrected chi connectivity index (χ2v) is 6.36. The van der Waals surface area contributed by atoms with Gasteiger partial charge in [0.2, 0.25) is 5.88 Å². The fourth-order valence-electron chi connectivity index (χ4n) is 2.79. The van der Waals surface area contributed by atoms with E-state index in [0.717, 1.165) is 16.5 Å². The van der Waals surface area contributed by atoms with E-state index in [4.69, 9.17) is 4.74 Å². The van der Waals surface area contributed by atoms with Gasteiger partial charge in [-0.05, 0) is 42.5 Å². The molecule has 0 amide bonds. The third kappa shape index (κ3) is 2.86. The molecule has 0 bridgehead atoms. The highest BCUT2D eigenvalue weighted by molar-refractivity contribution is 7.94. The summed E-state index contributed by atoms with van der Waals surface area (Å²) in [4.78, 5) is 20.1. The van der Waals surface area contributed by atoms with E-state index < -0.39 is 0 Å². The number of hydrogen-bond donors (Lipinski definition) is 1. The smallest absolute Gasteiger partial charge is 0.274 e. The van der Waals surface area contributed by atoms with E-state index in [2.05, 4.69) is 9.97 Å². The van der Waals surface area contributed by atoms with Gasteiger partial charge in [0, 0.05) is 47.0 Å². The van der Waals surface area contributed by atoms with Crippen LogP contribution in [0.3, 0.4) is 0 Å². The van der Waals surface area contributed by atoms with E-state index in [9.17, 15) is 8.68 Å². The number of rotatable bonds is 4. The number of hydrogen-bond acceptors (Lipinski definition) is 4. The third-order valence-electron chi connectivity index (χ3n) is 4.11. The van der Waals surface area contributed by atoms with Gasteiger partial charge in [0.1, 0.15) is 11.3 Å². The lowest BCUT2D eigenvalue weighted by molar-refractivity contribution is 0.464. The van der Waals surface area contributed by atoms with Crippen LogP contribution in [0.15, 0.2) is 70.7 Å². The molecule has 1 aromatic carbocycles. The molecule has 1 N–H and O–H groups in total. The molecule has 0 atom stereocenters. The summed E-state index contributed by atoms with van der Waals surface area (Å²) in [6.45, 7) is 0. The van der Waals surface area contributed by atoms with Crippen LogP contribution < -0.4 is 10.3 Å². The molecule has 26 heavy (non-hydrogen) atoms. The van der Waals surface area contributed by atoms with Gasteiger partial charge in [-0.25, -0.2) is 4.98 Å². The molecule has 0 saturated carbocycles. The molecule has 0 saturated heterocycles. The van der Waals surface area contributed by atoms with E-state index in [1.807, 2.05) is 18.2 Å². The summed E-state index contributed by atoms with van der Waals surface area (Å²) in [6, 6.07) is 12.2. The summed E-state index contributed by atoms with van der Waals surface area (Å²) in [5.41, 5.74) is 2.02. The first-order valence-electron chi connectivity index (χ1n) is 7.86. The molecule has 5 nitrogen and oxygen atoms in total. The summed E-state index contributed by atoms with van der Waals surface area (Å²) < 4.78 is 20.0. The van der Waals surface area contributed by atoms with Gasteiger partial charge in [-0.3, -0.25) is 4.79 Å². The zero-order chi connectivity index (χ0) is 18.1. The lowest BCUT2D eigenvalue weighted by atomic mass is 10.1. The quantitative estimate of drug-likeness (QED) is 0.568. The molecule has 0 fully saturated rings. The second-order valence-electron chi connectivity index (χ2n) is 5.73. The first kappa shape index (κ1) is 16.4. The van der Waals surface area contributed by atoms with Gasteiger partial charge in [0.15, 0.2) is 0 Å². The molecule has 3 aromatic heterocycles. The molecular weight excluding hydrogens is 353 g/mol. The monoisotopic (exact) mass is 367 g/mol. The Balaban J connectivity index is 1.79. The Morgan fingerprint density at radius 1 is 1.15 bits per heavy atom. The maximum atomic E-state index is 12.6. The average Bonchev–Trinajstić information content (AvgIpc) is 3.10. The summed E-state index contributed by atoms with van der Waals surface area (Å²) in [7, 11) is 1.71. The van der Waals surface area contributed by atoms with Crippen molar-refractivity contribution in [1.29, 1.82) is 0 Å². The number of aromatic nitrogens is 3. The van der Waals surface area contributed by atoms with Gasteiger partial charge in [-0.2, -0.15) is 3.89 Å². The number of aryl methyl sites for hydroxylation is 1. The number of benzene rings is 1. The van der Waals surface area contributed by atoms with E-state index >= 15 is 0 Å². The van der Waals surface area contributed by atoms with Crippen LogP contribution in [0.1, 0.15) is 0 Å². The van der Waals surface area contributed by atoms with Crippen molar-refractivity contribution in [3.8, 4) is 22.8 Å². The largest absolute Gasteiger partial charge is 0.438 e. The van der Waals surface area contributed by atoms with Crippen molar-refractivity contribution in [1.82, 2.24) is 14.5 Å². The number of H-pyrrole nitrogens is 1. The van der Waals surface area contributed by atoms with Gasteiger partial charge in [0.05, 0.1) is 12.1 Å². The highest BCUT2D eigenvalue weighted by Gasteiger charge is 2.15. The lowest BCUT2D eigenvalue weighted by Crippen LogP contribution is -2.15. The van der Waals surface area contributed by atoms with Gasteiger partial charge < -0.3 is 14.3 Å². The number of ether oxygens (including phenoxy) is 1. The van der Waals surface area contributed by atoms with Crippen molar-refractivity contribution in [2.24, 2.45) is 7.05 Å². The maximum absolute atomic E-state index is 12.6. The highest BCUT2D eigenvalue weighted by Crippen LogP contribution is 2.35. The van der Waals surface area contributed by atoms with Crippen LogP contribution in [0.2, 0.25) is 0 Å². The fraction of sp³-hybridized carbons (Fsp3) is 0.0526. The van der Waals surface area contributed by atoms with E-state index in [1.165, 1.54) is 4.57 Å². The molecule has 0 aliphatic heterocycles. The predicted octanol–water partition coefficient (Wildman–Crippen LogP) is 4.70. The van der Waals surface area contributed by atoms with Crippen molar-refractivity contribution in [2.75, 3.05) is 0 Å². The number of nitrogens with zero attached hydrogens (tertiary/aromatic N) is 2. The summed E-state index contributed by atoms with van der Waals surface area (Å²) in [5.74, 6) is 0.966. The van der Waals surface area contributed by atoms with Crippen molar-refractivity contribution in [3.63, 3.8) is 0 Å². The molecule has 0 aliphatic rings. The third-order valence-corrected chi connectivity index (χ3v) is 4.56. The van der Waals surface area contributed by atoms with Crippen LogP contribution in [0.25, 0.3) is 22.0 Å². The first-order valence-corrected chi connectivity index (χ1v) is 8.57. The zero-order valence-electron chi connectivity index (χ0n) is 13.8. The van der Waals surface area contributed by atoms with Crippen molar-refractivity contribution in [2.45, 2.75) is 4.90 Å². The fourth-order valence-corrected chi connectivity index (χ4v) is 3.02. The SMILES string of the molecule is Cn1ccc2c(-c3cccnc3Oc3ccc(SF)cc3)c[nH]c2c1=O. The Morgan fingerprint density at radius 3 is 2.73 bits per heavy atom. The van der Waals surface area contributed by atoms with Crippen molar-refractivity contribution >= 4 is 23.1 Å². The molecule has 4 aromatic rings. The number of pyridine rings is 2. The van der Waals surface area contributed by atoms with Gasteiger partial charge >= 0.3 is 0 Å². The molecule has 4 rings (SSSR count). The van der Waals surface area contributed by atoms with E-state index in [-0.39, 0.29) is 17.7 Å². The lowest BCUT2D eigenvalue weighted by Gasteiger charge is -2.09. The van der Waals surface area contributed by atoms with Crippen LogP contribution in [0.4, 0.5) is 3.89 Å². The van der Waals surface area contributed by atoms with Gasteiger partial charge in [-0.1, -0.05) is 0 Å². The molecule has 0 radical (unpaired) electrons. The van der Waals surface area contributed by atoms with Gasteiger partial charge in [0.25, 0.3) is 5.56 Å². The van der Waals surface area contributed by atoms with Crippen LogP contribution in [0, 0.1) is 0 Å². The Bertz CT molecular complexity index is 1140. The summed E-state index contributed by atoms with van der Waals surface area (Å²) in [6.07, 6.45) is 5.14. The minimum absolute atomic E-state index is 0.0978. The molecule has 0 unspecified atom stereocenters. The molecule has 3 heterocycles. The minimum atomic E-state index is -0.0978. The maximum Gasteiger partial charge on any atom is 0.274 e. The van der Waals surface area contributed by atoms with E-state index in [0.29, 0.717) is 22.0 Å². The summed E-state index contributed by atoms with van der Waals surface area (Å²) in [5, 5.41) is 0.801. The minimum Gasteiger partial charge on any atom is -0.438 e. The Hall–Kier alpha value is -3.06. The topological polar surface area (TPSA) is 59.9 Å². The summed E-state index contributed by atoms with van der Waals surface area (Å²) >= 11 is 0.182. The molecule has 7 heteroatoms.